The number of benzene rings is 2. The smallest absolute Gasteiger partial charge is 0.340 e. The molecule has 10 heteroatoms. The zero-order valence-corrected chi connectivity index (χ0v) is 14.8. The highest BCUT2D eigenvalue weighted by Gasteiger charge is 2.18. The quantitative estimate of drug-likeness (QED) is 0.442. The zero-order chi connectivity index (χ0) is 20.0. The summed E-state index contributed by atoms with van der Waals surface area (Å²) in [4.78, 5) is 45.1. The molecule has 0 aliphatic heterocycles. The minimum absolute atomic E-state index is 0.0333. The highest BCUT2D eigenvalue weighted by atomic mass is 35.5. The van der Waals surface area contributed by atoms with Crippen molar-refractivity contribution in [3.8, 4) is 0 Å². The standard InChI is InChI=1S/C17H14ClN3O6/c1-10(22)19-11-3-2-4-12(7-11)20-16(23)9-27-17(24)14-8-13(21(25)26)5-6-15(14)18/h2-8H,9H2,1H3,(H,19,22)(H,20,23). The molecule has 0 aromatic heterocycles. The first-order chi connectivity index (χ1) is 12.8. The first-order valence-corrected chi connectivity index (χ1v) is 7.92. The number of esters is 1. The van der Waals surface area contributed by atoms with Gasteiger partial charge in [-0.1, -0.05) is 17.7 Å². The van der Waals surface area contributed by atoms with Gasteiger partial charge in [-0.15, -0.1) is 0 Å². The lowest BCUT2D eigenvalue weighted by Crippen LogP contribution is -2.21. The summed E-state index contributed by atoms with van der Waals surface area (Å²) in [5.74, 6) is -1.86. The molecule has 0 bridgehead atoms. The van der Waals surface area contributed by atoms with Gasteiger partial charge in [0.15, 0.2) is 6.61 Å². The second-order valence-corrected chi connectivity index (χ2v) is 5.71. The molecule has 2 N–H and O–H groups in total. The lowest BCUT2D eigenvalue weighted by atomic mass is 10.2. The van der Waals surface area contributed by atoms with Crippen LogP contribution in [0.4, 0.5) is 17.1 Å². The Bertz CT molecular complexity index is 915. The van der Waals surface area contributed by atoms with E-state index in [0.717, 1.165) is 12.1 Å². The fraction of sp³-hybridized carbons (Fsp3) is 0.118. The number of nitro benzene ring substituents is 1. The van der Waals surface area contributed by atoms with Gasteiger partial charge in [-0.2, -0.15) is 0 Å². The number of nitrogens with one attached hydrogen (secondary N) is 2. The van der Waals surface area contributed by atoms with Gasteiger partial charge in [-0.25, -0.2) is 4.79 Å². The lowest BCUT2D eigenvalue weighted by Gasteiger charge is -2.09. The van der Waals surface area contributed by atoms with Crippen molar-refractivity contribution < 1.29 is 24.0 Å². The van der Waals surface area contributed by atoms with Crippen LogP contribution in [0.5, 0.6) is 0 Å². The summed E-state index contributed by atoms with van der Waals surface area (Å²) in [5, 5.41) is 15.8. The van der Waals surface area contributed by atoms with Gasteiger partial charge in [-0.05, 0) is 24.3 Å². The number of hydrogen-bond acceptors (Lipinski definition) is 6. The highest BCUT2D eigenvalue weighted by Crippen LogP contribution is 2.23. The fourth-order valence-corrected chi connectivity index (χ4v) is 2.26. The van der Waals surface area contributed by atoms with Gasteiger partial charge >= 0.3 is 5.97 Å². The molecule has 2 amide bonds. The average molecular weight is 392 g/mol. The van der Waals surface area contributed by atoms with Crippen LogP contribution in [0, 0.1) is 10.1 Å². The lowest BCUT2D eigenvalue weighted by molar-refractivity contribution is -0.384. The maximum atomic E-state index is 12.0. The van der Waals surface area contributed by atoms with Crippen molar-refractivity contribution in [3.63, 3.8) is 0 Å². The van der Waals surface area contributed by atoms with Gasteiger partial charge in [0.2, 0.25) is 5.91 Å². The Labute approximate surface area is 158 Å². The minimum atomic E-state index is -0.967. The first-order valence-electron chi connectivity index (χ1n) is 7.55. The molecule has 0 saturated carbocycles. The van der Waals surface area contributed by atoms with E-state index in [1.165, 1.54) is 19.1 Å². The normalized spacial score (nSPS) is 10.0. The SMILES string of the molecule is CC(=O)Nc1cccc(NC(=O)COC(=O)c2cc([N+](=O)[O-])ccc2Cl)c1. The summed E-state index contributed by atoms with van der Waals surface area (Å²) in [7, 11) is 0. The summed E-state index contributed by atoms with van der Waals surface area (Å²) in [6.45, 7) is 0.728. The summed E-state index contributed by atoms with van der Waals surface area (Å²) in [6, 6.07) is 9.69. The Balaban J connectivity index is 1.97. The molecule has 2 aromatic rings. The molecule has 0 fully saturated rings. The van der Waals surface area contributed by atoms with E-state index in [2.05, 4.69) is 10.6 Å². The molecular weight excluding hydrogens is 378 g/mol. The Morgan fingerprint density at radius 1 is 1.11 bits per heavy atom. The Hall–Kier alpha value is -3.46. The van der Waals surface area contributed by atoms with Crippen LogP contribution in [-0.4, -0.2) is 29.3 Å². The summed E-state index contributed by atoms with van der Waals surface area (Å²) in [5.41, 5.74) is 0.327. The summed E-state index contributed by atoms with van der Waals surface area (Å²) in [6.07, 6.45) is 0. The van der Waals surface area contributed by atoms with E-state index >= 15 is 0 Å². The third-order valence-corrected chi connectivity index (χ3v) is 3.51. The van der Waals surface area contributed by atoms with E-state index < -0.39 is 23.4 Å². The molecule has 0 saturated heterocycles. The molecule has 0 radical (unpaired) electrons. The van der Waals surface area contributed by atoms with Crippen LogP contribution in [0.1, 0.15) is 17.3 Å². The minimum Gasteiger partial charge on any atom is -0.452 e. The maximum absolute atomic E-state index is 12.0. The number of non-ortho nitro benzene ring substituents is 1. The number of carbonyl (C=O) groups is 3. The van der Waals surface area contributed by atoms with E-state index in [1.807, 2.05) is 0 Å². The third kappa shape index (κ3) is 5.79. The average Bonchev–Trinajstić information content (AvgIpc) is 2.59. The number of nitro groups is 1. The highest BCUT2D eigenvalue weighted by molar-refractivity contribution is 6.33. The number of rotatable bonds is 6. The van der Waals surface area contributed by atoms with Crippen molar-refractivity contribution in [1.29, 1.82) is 0 Å². The van der Waals surface area contributed by atoms with E-state index in [0.29, 0.717) is 11.4 Å². The molecule has 0 aliphatic rings. The number of halogens is 1. The van der Waals surface area contributed by atoms with Gasteiger partial charge < -0.3 is 15.4 Å². The van der Waals surface area contributed by atoms with Gasteiger partial charge in [0.1, 0.15) is 0 Å². The second kappa shape index (κ2) is 8.77. The largest absolute Gasteiger partial charge is 0.452 e. The van der Waals surface area contributed by atoms with Crippen LogP contribution in [0.3, 0.4) is 0 Å². The predicted octanol–water partition coefficient (Wildman–Crippen LogP) is 3.00. The molecule has 140 valence electrons. The number of ether oxygens (including phenoxy) is 1. The first kappa shape index (κ1) is 19.9. The predicted molar refractivity (Wildman–Crippen MR) is 97.8 cm³/mol. The molecular formula is C17H14ClN3O6. The maximum Gasteiger partial charge on any atom is 0.340 e. The monoisotopic (exact) mass is 391 g/mol. The van der Waals surface area contributed by atoms with Crippen molar-refractivity contribution in [3.05, 3.63) is 63.2 Å². The van der Waals surface area contributed by atoms with Crippen molar-refractivity contribution >= 4 is 46.4 Å². The van der Waals surface area contributed by atoms with E-state index in [-0.39, 0.29) is 22.2 Å². The summed E-state index contributed by atoms with van der Waals surface area (Å²) < 4.78 is 4.84. The van der Waals surface area contributed by atoms with E-state index in [1.54, 1.807) is 18.2 Å². The van der Waals surface area contributed by atoms with Crippen LogP contribution in [-0.2, 0) is 14.3 Å². The number of amides is 2. The van der Waals surface area contributed by atoms with Gasteiger partial charge in [0.25, 0.3) is 11.6 Å². The molecule has 2 rings (SSSR count). The van der Waals surface area contributed by atoms with Crippen LogP contribution < -0.4 is 10.6 Å². The second-order valence-electron chi connectivity index (χ2n) is 5.31. The number of anilines is 2. The molecule has 0 unspecified atom stereocenters. The van der Waals surface area contributed by atoms with Crippen LogP contribution >= 0.6 is 11.6 Å². The number of hydrogen-bond donors (Lipinski definition) is 2. The fourth-order valence-electron chi connectivity index (χ4n) is 2.07. The molecule has 0 heterocycles. The Morgan fingerprint density at radius 2 is 1.78 bits per heavy atom. The van der Waals surface area contributed by atoms with Crippen LogP contribution in [0.15, 0.2) is 42.5 Å². The molecule has 0 atom stereocenters. The van der Waals surface area contributed by atoms with Gasteiger partial charge in [-0.3, -0.25) is 19.7 Å². The third-order valence-electron chi connectivity index (χ3n) is 3.18. The molecule has 9 nitrogen and oxygen atoms in total. The van der Waals surface area contributed by atoms with Crippen molar-refractivity contribution in [2.24, 2.45) is 0 Å². The number of carbonyl (C=O) groups excluding carboxylic acids is 3. The van der Waals surface area contributed by atoms with Crippen LogP contribution in [0.25, 0.3) is 0 Å². The molecule has 2 aromatic carbocycles. The van der Waals surface area contributed by atoms with E-state index in [4.69, 9.17) is 16.3 Å². The Kier molecular flexibility index (Phi) is 6.45. The van der Waals surface area contributed by atoms with E-state index in [9.17, 15) is 24.5 Å². The van der Waals surface area contributed by atoms with Crippen molar-refractivity contribution in [1.82, 2.24) is 0 Å². The van der Waals surface area contributed by atoms with Gasteiger partial charge in [0.05, 0.1) is 15.5 Å². The zero-order valence-electron chi connectivity index (χ0n) is 14.0. The molecule has 0 spiro atoms. The van der Waals surface area contributed by atoms with Crippen molar-refractivity contribution in [2.45, 2.75) is 6.92 Å². The number of nitrogens with zero attached hydrogens (tertiary/aromatic N) is 1. The summed E-state index contributed by atoms with van der Waals surface area (Å²) >= 11 is 5.84. The molecule has 0 aliphatic carbocycles. The van der Waals surface area contributed by atoms with Crippen LogP contribution in [0.2, 0.25) is 5.02 Å². The Morgan fingerprint density at radius 3 is 2.41 bits per heavy atom. The molecule has 27 heavy (non-hydrogen) atoms. The van der Waals surface area contributed by atoms with Gasteiger partial charge in [0, 0.05) is 30.4 Å². The van der Waals surface area contributed by atoms with Crippen molar-refractivity contribution in [2.75, 3.05) is 17.2 Å². The topological polar surface area (TPSA) is 128 Å².